The highest BCUT2D eigenvalue weighted by Crippen LogP contribution is 2.19. The van der Waals surface area contributed by atoms with Crippen LogP contribution in [0.25, 0.3) is 10.8 Å². The van der Waals surface area contributed by atoms with Crippen molar-refractivity contribution in [2.75, 3.05) is 26.2 Å². The van der Waals surface area contributed by atoms with E-state index >= 15 is 0 Å². The zero-order valence-corrected chi connectivity index (χ0v) is 16.6. The molecule has 0 aromatic heterocycles. The highest BCUT2D eigenvalue weighted by Gasteiger charge is 2.20. The number of fused-ring (bicyclic) bond motifs is 1. The van der Waals surface area contributed by atoms with Gasteiger partial charge in [-0.1, -0.05) is 56.3 Å². The summed E-state index contributed by atoms with van der Waals surface area (Å²) in [7, 11) is 0. The van der Waals surface area contributed by atoms with Crippen LogP contribution in [0.15, 0.2) is 42.5 Å². The van der Waals surface area contributed by atoms with E-state index in [0.29, 0.717) is 13.0 Å². The number of rotatable bonds is 10. The Morgan fingerprint density at radius 1 is 1.04 bits per heavy atom. The Bertz CT molecular complexity index is 751. The van der Waals surface area contributed by atoms with E-state index in [9.17, 15) is 9.59 Å². The van der Waals surface area contributed by atoms with Crippen molar-refractivity contribution in [1.82, 2.24) is 15.5 Å². The van der Waals surface area contributed by atoms with E-state index < -0.39 is 6.04 Å². The van der Waals surface area contributed by atoms with Crippen LogP contribution in [-0.2, 0) is 16.0 Å². The predicted molar refractivity (Wildman–Crippen MR) is 111 cm³/mol. The second kappa shape index (κ2) is 10.7. The summed E-state index contributed by atoms with van der Waals surface area (Å²) in [4.78, 5) is 26.6. The van der Waals surface area contributed by atoms with Crippen molar-refractivity contribution < 1.29 is 9.59 Å². The third-order valence-corrected chi connectivity index (χ3v) is 4.84. The zero-order valence-electron chi connectivity index (χ0n) is 16.6. The van der Waals surface area contributed by atoms with Gasteiger partial charge in [0, 0.05) is 19.9 Å². The number of hydrogen-bond donors (Lipinski definition) is 2. The molecule has 5 heteroatoms. The molecule has 0 saturated heterocycles. The second-order valence-corrected chi connectivity index (χ2v) is 6.77. The lowest BCUT2D eigenvalue weighted by molar-refractivity contribution is -0.128. The molecule has 0 radical (unpaired) electrons. The van der Waals surface area contributed by atoms with Crippen LogP contribution in [0, 0.1) is 0 Å². The van der Waals surface area contributed by atoms with Crippen molar-refractivity contribution in [3.8, 4) is 0 Å². The van der Waals surface area contributed by atoms with Gasteiger partial charge in [0.25, 0.3) is 0 Å². The Kier molecular flexibility index (Phi) is 8.27. The van der Waals surface area contributed by atoms with Crippen LogP contribution < -0.4 is 10.6 Å². The number of carbonyl (C=O) groups is 2. The zero-order chi connectivity index (χ0) is 19.6. The van der Waals surface area contributed by atoms with Crippen molar-refractivity contribution in [3.63, 3.8) is 0 Å². The Morgan fingerprint density at radius 2 is 1.74 bits per heavy atom. The monoisotopic (exact) mass is 369 g/mol. The van der Waals surface area contributed by atoms with E-state index in [1.54, 1.807) is 0 Å². The molecule has 0 bridgehead atoms. The third kappa shape index (κ3) is 6.36. The van der Waals surface area contributed by atoms with Crippen LogP contribution in [0.3, 0.4) is 0 Å². The number of amides is 2. The molecule has 2 amide bonds. The van der Waals surface area contributed by atoms with Gasteiger partial charge < -0.3 is 15.5 Å². The van der Waals surface area contributed by atoms with E-state index in [-0.39, 0.29) is 11.8 Å². The first-order valence-corrected chi connectivity index (χ1v) is 9.79. The smallest absolute Gasteiger partial charge is 0.242 e. The Hall–Kier alpha value is -2.40. The predicted octanol–water partition coefficient (Wildman–Crippen LogP) is 2.74. The lowest BCUT2D eigenvalue weighted by Crippen LogP contribution is -2.47. The largest absolute Gasteiger partial charge is 0.354 e. The molecule has 2 aromatic rings. The first-order chi connectivity index (χ1) is 13.0. The lowest BCUT2D eigenvalue weighted by atomic mass is 9.98. The van der Waals surface area contributed by atoms with Gasteiger partial charge in [0.15, 0.2) is 0 Å². The number of nitrogens with zero attached hydrogens (tertiary/aromatic N) is 1. The summed E-state index contributed by atoms with van der Waals surface area (Å²) in [6, 6.07) is 13.6. The third-order valence-electron chi connectivity index (χ3n) is 4.84. The van der Waals surface area contributed by atoms with Crippen LogP contribution in [0.1, 0.15) is 32.8 Å². The SMILES string of the molecule is CCN(CC)CCCNC(=O)C(Cc1cccc2ccccc12)NC(C)=O. The summed E-state index contributed by atoms with van der Waals surface area (Å²) in [6.07, 6.45) is 1.37. The highest BCUT2D eigenvalue weighted by atomic mass is 16.2. The molecule has 5 nitrogen and oxygen atoms in total. The van der Waals surface area contributed by atoms with Gasteiger partial charge in [-0.05, 0) is 42.4 Å². The maximum absolute atomic E-state index is 12.7. The molecule has 0 aliphatic rings. The molecular formula is C22H31N3O2. The van der Waals surface area contributed by atoms with Gasteiger partial charge in [0.05, 0.1) is 0 Å². The van der Waals surface area contributed by atoms with Crippen LogP contribution in [0.5, 0.6) is 0 Å². The van der Waals surface area contributed by atoms with Gasteiger partial charge in [0.2, 0.25) is 11.8 Å². The van der Waals surface area contributed by atoms with Gasteiger partial charge in [-0.15, -0.1) is 0 Å². The molecule has 0 saturated carbocycles. The average molecular weight is 370 g/mol. The fraction of sp³-hybridized carbons (Fsp3) is 0.455. The normalized spacial score (nSPS) is 12.1. The van der Waals surface area contributed by atoms with Crippen molar-refractivity contribution in [2.24, 2.45) is 0 Å². The number of hydrogen-bond acceptors (Lipinski definition) is 3. The summed E-state index contributed by atoms with van der Waals surface area (Å²) < 4.78 is 0. The maximum atomic E-state index is 12.7. The molecule has 0 spiro atoms. The fourth-order valence-electron chi connectivity index (χ4n) is 3.32. The van der Waals surface area contributed by atoms with Crippen molar-refractivity contribution in [1.29, 1.82) is 0 Å². The van der Waals surface area contributed by atoms with Gasteiger partial charge in [-0.3, -0.25) is 9.59 Å². The molecule has 1 unspecified atom stereocenters. The standard InChI is InChI=1S/C22H31N3O2/c1-4-25(5-2)15-9-14-23-22(27)21(24-17(3)26)16-19-12-8-11-18-10-6-7-13-20(18)19/h6-8,10-13,21H,4-5,9,14-16H2,1-3H3,(H,23,27)(H,24,26). The molecule has 2 rings (SSSR count). The van der Waals surface area contributed by atoms with E-state index in [1.165, 1.54) is 6.92 Å². The van der Waals surface area contributed by atoms with Crippen LogP contribution in [0.2, 0.25) is 0 Å². The number of carbonyl (C=O) groups excluding carboxylic acids is 2. The molecule has 1 atom stereocenters. The lowest BCUT2D eigenvalue weighted by Gasteiger charge is -2.20. The molecule has 0 aliphatic heterocycles. The molecular weight excluding hydrogens is 338 g/mol. The summed E-state index contributed by atoms with van der Waals surface area (Å²) in [5.74, 6) is -0.323. The fourth-order valence-corrected chi connectivity index (χ4v) is 3.32. The van der Waals surface area contributed by atoms with Gasteiger partial charge in [0.1, 0.15) is 6.04 Å². The van der Waals surface area contributed by atoms with E-state index in [2.05, 4.69) is 47.6 Å². The minimum Gasteiger partial charge on any atom is -0.354 e. The summed E-state index contributed by atoms with van der Waals surface area (Å²) in [6.45, 7) is 9.32. The quantitative estimate of drug-likeness (QED) is 0.633. The summed E-state index contributed by atoms with van der Waals surface area (Å²) in [5.41, 5.74) is 1.06. The minimum absolute atomic E-state index is 0.127. The summed E-state index contributed by atoms with van der Waals surface area (Å²) in [5, 5.41) is 8.03. The molecule has 0 fully saturated rings. The van der Waals surface area contributed by atoms with Crippen LogP contribution in [-0.4, -0.2) is 48.9 Å². The van der Waals surface area contributed by atoms with Crippen molar-refractivity contribution in [2.45, 2.75) is 39.7 Å². The molecule has 2 aromatic carbocycles. The van der Waals surface area contributed by atoms with E-state index in [1.807, 2.05) is 24.3 Å². The average Bonchev–Trinajstić information content (AvgIpc) is 2.67. The van der Waals surface area contributed by atoms with Crippen LogP contribution in [0.4, 0.5) is 0 Å². The van der Waals surface area contributed by atoms with E-state index in [0.717, 1.165) is 42.4 Å². The molecule has 0 aliphatic carbocycles. The highest BCUT2D eigenvalue weighted by molar-refractivity contribution is 5.89. The molecule has 2 N–H and O–H groups in total. The topological polar surface area (TPSA) is 61.4 Å². The Balaban J connectivity index is 2.01. The number of nitrogens with one attached hydrogen (secondary N) is 2. The molecule has 146 valence electrons. The Labute approximate surface area is 162 Å². The van der Waals surface area contributed by atoms with Gasteiger partial charge in [-0.25, -0.2) is 0 Å². The molecule has 0 heterocycles. The van der Waals surface area contributed by atoms with Crippen LogP contribution >= 0.6 is 0 Å². The number of benzene rings is 2. The van der Waals surface area contributed by atoms with E-state index in [4.69, 9.17) is 0 Å². The Morgan fingerprint density at radius 3 is 2.44 bits per heavy atom. The van der Waals surface area contributed by atoms with Gasteiger partial charge in [-0.2, -0.15) is 0 Å². The second-order valence-electron chi connectivity index (χ2n) is 6.77. The minimum atomic E-state index is -0.568. The molecule has 27 heavy (non-hydrogen) atoms. The van der Waals surface area contributed by atoms with Crippen molar-refractivity contribution >= 4 is 22.6 Å². The maximum Gasteiger partial charge on any atom is 0.242 e. The van der Waals surface area contributed by atoms with Crippen molar-refractivity contribution in [3.05, 3.63) is 48.0 Å². The summed E-state index contributed by atoms with van der Waals surface area (Å²) >= 11 is 0. The first kappa shape index (κ1) is 20.9. The first-order valence-electron chi connectivity index (χ1n) is 9.79. The van der Waals surface area contributed by atoms with Gasteiger partial charge >= 0.3 is 0 Å².